The SMILES string of the molecule is Cc1ccc(N2C(=O)c3cccnc3C2Nc2cccc(F)c2)cc1. The third-order valence-electron chi connectivity index (χ3n) is 4.25. The second-order valence-electron chi connectivity index (χ2n) is 6.00. The van der Waals surface area contributed by atoms with Crippen LogP contribution in [0.1, 0.15) is 27.8 Å². The summed E-state index contributed by atoms with van der Waals surface area (Å²) in [6.45, 7) is 1.99. The molecular weight excluding hydrogens is 317 g/mol. The van der Waals surface area contributed by atoms with E-state index in [-0.39, 0.29) is 11.7 Å². The number of halogens is 1. The summed E-state index contributed by atoms with van der Waals surface area (Å²) in [5, 5.41) is 3.23. The van der Waals surface area contributed by atoms with Gasteiger partial charge in [0, 0.05) is 17.6 Å². The lowest BCUT2D eigenvalue weighted by atomic mass is 10.2. The molecule has 3 aromatic rings. The summed E-state index contributed by atoms with van der Waals surface area (Å²) in [6.07, 6.45) is 1.17. The van der Waals surface area contributed by atoms with E-state index in [1.54, 1.807) is 35.4 Å². The van der Waals surface area contributed by atoms with Crippen molar-refractivity contribution in [3.8, 4) is 0 Å². The number of aromatic nitrogens is 1. The topological polar surface area (TPSA) is 45.2 Å². The van der Waals surface area contributed by atoms with Crippen LogP contribution in [0.15, 0.2) is 66.9 Å². The highest BCUT2D eigenvalue weighted by Gasteiger charge is 2.38. The highest BCUT2D eigenvalue weighted by molar-refractivity contribution is 6.11. The van der Waals surface area contributed by atoms with Gasteiger partial charge in [-0.1, -0.05) is 23.8 Å². The van der Waals surface area contributed by atoms with Crippen molar-refractivity contribution in [1.82, 2.24) is 4.98 Å². The largest absolute Gasteiger partial charge is 0.360 e. The van der Waals surface area contributed by atoms with E-state index < -0.39 is 6.17 Å². The van der Waals surface area contributed by atoms with E-state index in [0.717, 1.165) is 11.3 Å². The number of nitrogens with one attached hydrogen (secondary N) is 1. The van der Waals surface area contributed by atoms with Crippen LogP contribution in [0.5, 0.6) is 0 Å². The summed E-state index contributed by atoms with van der Waals surface area (Å²) in [5.74, 6) is -0.460. The minimum absolute atomic E-state index is 0.124. The Morgan fingerprint density at radius 3 is 2.64 bits per heavy atom. The van der Waals surface area contributed by atoms with Gasteiger partial charge >= 0.3 is 0 Å². The molecule has 0 aliphatic carbocycles. The maximum absolute atomic E-state index is 13.5. The predicted octanol–water partition coefficient (Wildman–Crippen LogP) is 4.30. The Balaban J connectivity index is 1.78. The van der Waals surface area contributed by atoms with Gasteiger partial charge in [0.25, 0.3) is 5.91 Å². The fraction of sp³-hybridized carbons (Fsp3) is 0.100. The summed E-state index contributed by atoms with van der Waals surface area (Å²) in [5.41, 5.74) is 3.66. The second-order valence-corrected chi connectivity index (χ2v) is 6.00. The van der Waals surface area contributed by atoms with Crippen LogP contribution in [0.4, 0.5) is 15.8 Å². The number of hydrogen-bond acceptors (Lipinski definition) is 3. The number of benzene rings is 2. The number of carbonyl (C=O) groups is 1. The number of rotatable bonds is 3. The van der Waals surface area contributed by atoms with E-state index in [1.165, 1.54) is 12.1 Å². The second kappa shape index (κ2) is 6.02. The molecule has 4 nitrogen and oxygen atoms in total. The molecule has 0 spiro atoms. The molecular formula is C20H16FN3O. The van der Waals surface area contributed by atoms with Crippen LogP contribution in [0.25, 0.3) is 0 Å². The first kappa shape index (κ1) is 15.3. The Bertz CT molecular complexity index is 940. The molecule has 5 heteroatoms. The zero-order valence-electron chi connectivity index (χ0n) is 13.6. The molecule has 2 heterocycles. The van der Waals surface area contributed by atoms with E-state index >= 15 is 0 Å². The van der Waals surface area contributed by atoms with Crippen molar-refractivity contribution in [2.24, 2.45) is 0 Å². The van der Waals surface area contributed by atoms with Gasteiger partial charge in [-0.05, 0) is 49.4 Å². The molecule has 1 unspecified atom stereocenters. The molecule has 0 fully saturated rings. The minimum Gasteiger partial charge on any atom is -0.360 e. The normalized spacial score (nSPS) is 16.0. The van der Waals surface area contributed by atoms with Crippen LogP contribution in [0.2, 0.25) is 0 Å². The summed E-state index contributed by atoms with van der Waals surface area (Å²) in [4.78, 5) is 19.0. The zero-order valence-corrected chi connectivity index (χ0v) is 13.6. The Morgan fingerprint density at radius 2 is 1.88 bits per heavy atom. The Kier molecular flexibility index (Phi) is 3.69. The molecule has 0 radical (unpaired) electrons. The highest BCUT2D eigenvalue weighted by atomic mass is 19.1. The molecule has 124 valence electrons. The van der Waals surface area contributed by atoms with Crippen molar-refractivity contribution in [3.05, 3.63) is 89.5 Å². The number of amides is 1. The van der Waals surface area contributed by atoms with Gasteiger partial charge in [0.05, 0.1) is 11.3 Å². The monoisotopic (exact) mass is 333 g/mol. The van der Waals surface area contributed by atoms with Gasteiger partial charge in [-0.25, -0.2) is 4.39 Å². The van der Waals surface area contributed by atoms with Gasteiger partial charge in [0.2, 0.25) is 0 Å². The first-order valence-electron chi connectivity index (χ1n) is 8.01. The molecule has 2 aromatic carbocycles. The fourth-order valence-corrected chi connectivity index (χ4v) is 3.03. The van der Waals surface area contributed by atoms with Crippen LogP contribution < -0.4 is 10.2 Å². The van der Waals surface area contributed by atoms with Gasteiger partial charge in [0.15, 0.2) is 6.17 Å². The van der Waals surface area contributed by atoms with Crippen molar-refractivity contribution in [3.63, 3.8) is 0 Å². The lowest BCUT2D eigenvalue weighted by molar-refractivity contribution is 0.0993. The molecule has 4 rings (SSSR count). The van der Waals surface area contributed by atoms with E-state index in [0.29, 0.717) is 16.9 Å². The van der Waals surface area contributed by atoms with Gasteiger partial charge in [-0.3, -0.25) is 14.7 Å². The van der Waals surface area contributed by atoms with E-state index in [1.807, 2.05) is 31.2 Å². The quantitative estimate of drug-likeness (QED) is 0.777. The maximum Gasteiger partial charge on any atom is 0.262 e. The van der Waals surface area contributed by atoms with Crippen molar-refractivity contribution in [2.45, 2.75) is 13.1 Å². The number of hydrogen-bond donors (Lipinski definition) is 1. The Morgan fingerprint density at radius 1 is 1.08 bits per heavy atom. The van der Waals surface area contributed by atoms with Gasteiger partial charge in [-0.2, -0.15) is 0 Å². The zero-order chi connectivity index (χ0) is 17.4. The summed E-state index contributed by atoms with van der Waals surface area (Å²) < 4.78 is 13.5. The number of fused-ring (bicyclic) bond motifs is 1. The van der Waals surface area contributed by atoms with Gasteiger partial charge in [-0.15, -0.1) is 0 Å². The van der Waals surface area contributed by atoms with Crippen LogP contribution in [-0.2, 0) is 0 Å². The Hall–Kier alpha value is -3.21. The van der Waals surface area contributed by atoms with Crippen molar-refractivity contribution >= 4 is 17.3 Å². The number of pyridine rings is 1. The molecule has 1 atom stereocenters. The molecule has 1 amide bonds. The smallest absolute Gasteiger partial charge is 0.262 e. The van der Waals surface area contributed by atoms with Crippen LogP contribution >= 0.6 is 0 Å². The summed E-state index contributed by atoms with van der Waals surface area (Å²) in [7, 11) is 0. The third kappa shape index (κ3) is 2.74. The first-order chi connectivity index (χ1) is 12.1. The van der Waals surface area contributed by atoms with E-state index in [2.05, 4.69) is 10.3 Å². The molecule has 25 heavy (non-hydrogen) atoms. The maximum atomic E-state index is 13.5. The average Bonchev–Trinajstić information content (AvgIpc) is 2.89. The first-order valence-corrected chi connectivity index (χ1v) is 8.01. The van der Waals surface area contributed by atoms with Crippen LogP contribution in [-0.4, -0.2) is 10.9 Å². The third-order valence-corrected chi connectivity index (χ3v) is 4.25. The Labute approximate surface area is 144 Å². The van der Waals surface area contributed by atoms with Crippen LogP contribution in [0.3, 0.4) is 0 Å². The molecule has 1 aliphatic heterocycles. The molecule has 0 saturated heterocycles. The number of anilines is 2. The average molecular weight is 333 g/mol. The minimum atomic E-state index is -0.492. The number of nitrogens with zero attached hydrogens (tertiary/aromatic N) is 2. The van der Waals surface area contributed by atoms with Crippen LogP contribution in [0, 0.1) is 12.7 Å². The number of carbonyl (C=O) groups excluding carboxylic acids is 1. The predicted molar refractivity (Wildman–Crippen MR) is 95.0 cm³/mol. The van der Waals surface area contributed by atoms with Crippen molar-refractivity contribution in [2.75, 3.05) is 10.2 Å². The number of aryl methyl sites for hydroxylation is 1. The van der Waals surface area contributed by atoms with E-state index in [4.69, 9.17) is 0 Å². The highest BCUT2D eigenvalue weighted by Crippen LogP contribution is 2.36. The lowest BCUT2D eigenvalue weighted by Crippen LogP contribution is -2.32. The molecule has 0 bridgehead atoms. The fourth-order valence-electron chi connectivity index (χ4n) is 3.03. The molecule has 1 aliphatic rings. The standard InChI is InChI=1S/C20H16FN3O/c1-13-7-9-16(10-8-13)24-19(23-15-5-2-4-14(21)12-15)18-17(20(24)25)6-3-11-22-18/h2-12,19,23H,1H3. The van der Waals surface area contributed by atoms with Crippen molar-refractivity contribution < 1.29 is 9.18 Å². The van der Waals surface area contributed by atoms with E-state index in [9.17, 15) is 9.18 Å². The summed E-state index contributed by atoms with van der Waals surface area (Å²) in [6, 6.07) is 17.4. The van der Waals surface area contributed by atoms with Gasteiger partial charge < -0.3 is 5.32 Å². The lowest BCUT2D eigenvalue weighted by Gasteiger charge is -2.26. The summed E-state index contributed by atoms with van der Waals surface area (Å²) >= 11 is 0. The van der Waals surface area contributed by atoms with Crippen molar-refractivity contribution in [1.29, 1.82) is 0 Å². The van der Waals surface area contributed by atoms with Gasteiger partial charge in [0.1, 0.15) is 5.82 Å². The molecule has 1 aromatic heterocycles. The molecule has 0 saturated carbocycles. The molecule has 1 N–H and O–H groups in total.